The molecule has 26 heavy (non-hydrogen) atoms. The summed E-state index contributed by atoms with van der Waals surface area (Å²) < 4.78 is 1.77. The van der Waals surface area contributed by atoms with Gasteiger partial charge in [-0.1, -0.05) is 72.4 Å². The molecule has 0 aliphatic rings. The molecule has 1 amide bonds. The molecule has 1 N–H and O–H groups in total. The molecule has 1 atom stereocenters. The first-order chi connectivity index (χ1) is 12.6. The lowest BCUT2D eigenvalue weighted by Gasteiger charge is -2.11. The maximum absolute atomic E-state index is 12.5. The fourth-order valence-electron chi connectivity index (χ4n) is 2.28. The molecule has 1 unspecified atom stereocenters. The summed E-state index contributed by atoms with van der Waals surface area (Å²) in [7, 11) is 1.84. The van der Waals surface area contributed by atoms with Gasteiger partial charge in [-0.25, -0.2) is 5.43 Å². The second-order valence-electron chi connectivity index (χ2n) is 5.65. The zero-order valence-corrected chi connectivity index (χ0v) is 15.4. The third kappa shape index (κ3) is 4.37. The van der Waals surface area contributed by atoms with E-state index in [2.05, 4.69) is 20.7 Å². The Kier molecular flexibility index (Phi) is 5.80. The number of amides is 1. The zero-order valence-electron chi connectivity index (χ0n) is 14.5. The second kappa shape index (κ2) is 8.44. The van der Waals surface area contributed by atoms with Crippen LogP contribution in [0.1, 0.15) is 18.1 Å². The van der Waals surface area contributed by atoms with Gasteiger partial charge < -0.3 is 4.57 Å². The summed E-state index contributed by atoms with van der Waals surface area (Å²) in [5, 5.41) is 12.5. The van der Waals surface area contributed by atoms with E-state index in [0.717, 1.165) is 16.8 Å². The van der Waals surface area contributed by atoms with Gasteiger partial charge in [0.15, 0.2) is 5.16 Å². The molecule has 0 spiro atoms. The molecule has 1 heterocycles. The average Bonchev–Trinajstić information content (AvgIpc) is 3.08. The van der Waals surface area contributed by atoms with Crippen molar-refractivity contribution in [2.45, 2.75) is 17.3 Å². The SMILES string of the molecule is CC(Sc1nncn1C)C(=O)NN=C(c1ccccc1)c1ccccc1. The van der Waals surface area contributed by atoms with E-state index < -0.39 is 0 Å². The van der Waals surface area contributed by atoms with Gasteiger partial charge in [0.2, 0.25) is 0 Å². The molecule has 0 saturated carbocycles. The molecule has 0 aliphatic carbocycles. The Balaban J connectivity index is 1.78. The van der Waals surface area contributed by atoms with Crippen molar-refractivity contribution < 1.29 is 4.79 Å². The van der Waals surface area contributed by atoms with Crippen molar-refractivity contribution in [1.29, 1.82) is 0 Å². The fraction of sp³-hybridized carbons (Fsp3) is 0.158. The standard InChI is InChI=1S/C19H19N5OS/c1-14(26-19-23-20-13-24(19)2)18(25)22-21-17(15-9-5-3-6-10-15)16-11-7-4-8-12-16/h3-14H,1-2H3,(H,22,25). The highest BCUT2D eigenvalue weighted by molar-refractivity contribution is 8.00. The Morgan fingerprint density at radius 3 is 2.15 bits per heavy atom. The Bertz CT molecular complexity index is 851. The van der Waals surface area contributed by atoms with Crippen LogP contribution in [0.4, 0.5) is 0 Å². The van der Waals surface area contributed by atoms with Crippen LogP contribution in [0.25, 0.3) is 0 Å². The number of thioether (sulfide) groups is 1. The Morgan fingerprint density at radius 1 is 1.08 bits per heavy atom. The fourth-order valence-corrected chi connectivity index (χ4v) is 3.06. The van der Waals surface area contributed by atoms with E-state index in [1.54, 1.807) is 10.9 Å². The van der Waals surface area contributed by atoms with Crippen LogP contribution >= 0.6 is 11.8 Å². The van der Waals surface area contributed by atoms with E-state index in [4.69, 9.17) is 0 Å². The highest BCUT2D eigenvalue weighted by Crippen LogP contribution is 2.20. The maximum Gasteiger partial charge on any atom is 0.253 e. The summed E-state index contributed by atoms with van der Waals surface area (Å²) >= 11 is 1.34. The molecule has 132 valence electrons. The topological polar surface area (TPSA) is 72.2 Å². The maximum atomic E-state index is 12.5. The highest BCUT2D eigenvalue weighted by Gasteiger charge is 2.17. The van der Waals surface area contributed by atoms with Crippen LogP contribution in [0.15, 0.2) is 77.2 Å². The third-order valence-electron chi connectivity index (χ3n) is 3.69. The quantitative estimate of drug-likeness (QED) is 0.414. The van der Waals surface area contributed by atoms with E-state index in [0.29, 0.717) is 5.16 Å². The largest absolute Gasteiger partial charge is 0.312 e. The number of carbonyl (C=O) groups excluding carboxylic acids is 1. The average molecular weight is 365 g/mol. The number of carbonyl (C=O) groups is 1. The van der Waals surface area contributed by atoms with Gasteiger partial charge in [-0.15, -0.1) is 10.2 Å². The molecule has 1 aromatic heterocycles. The molecule has 0 fully saturated rings. The van der Waals surface area contributed by atoms with E-state index in [-0.39, 0.29) is 11.2 Å². The lowest BCUT2D eigenvalue weighted by atomic mass is 10.0. The van der Waals surface area contributed by atoms with Crippen LogP contribution in [-0.2, 0) is 11.8 Å². The number of nitrogens with zero attached hydrogens (tertiary/aromatic N) is 4. The minimum atomic E-state index is -0.352. The molecule has 7 heteroatoms. The van der Waals surface area contributed by atoms with E-state index in [1.807, 2.05) is 74.6 Å². The van der Waals surface area contributed by atoms with Crippen molar-refractivity contribution in [2.75, 3.05) is 0 Å². The molecule has 2 aromatic carbocycles. The Morgan fingerprint density at radius 2 is 1.65 bits per heavy atom. The van der Waals surface area contributed by atoms with Crippen molar-refractivity contribution in [3.8, 4) is 0 Å². The van der Waals surface area contributed by atoms with Crippen LogP contribution in [0.2, 0.25) is 0 Å². The number of benzene rings is 2. The van der Waals surface area contributed by atoms with Crippen molar-refractivity contribution in [2.24, 2.45) is 12.1 Å². The van der Waals surface area contributed by atoms with Gasteiger partial charge in [-0.05, 0) is 6.92 Å². The minimum absolute atomic E-state index is 0.192. The Hall–Kier alpha value is -2.93. The van der Waals surface area contributed by atoms with Crippen LogP contribution in [0.3, 0.4) is 0 Å². The van der Waals surface area contributed by atoms with E-state index in [1.165, 1.54) is 11.8 Å². The van der Waals surface area contributed by atoms with E-state index in [9.17, 15) is 4.79 Å². The molecule has 0 bridgehead atoms. The number of aromatic nitrogens is 3. The number of nitrogens with one attached hydrogen (secondary N) is 1. The van der Waals surface area contributed by atoms with Crippen LogP contribution < -0.4 is 5.43 Å². The van der Waals surface area contributed by atoms with Crippen molar-refractivity contribution in [3.63, 3.8) is 0 Å². The lowest BCUT2D eigenvalue weighted by Crippen LogP contribution is -2.28. The normalized spacial score (nSPS) is 11.6. The number of hydrogen-bond acceptors (Lipinski definition) is 5. The monoisotopic (exact) mass is 365 g/mol. The van der Waals surface area contributed by atoms with Gasteiger partial charge in [-0.3, -0.25) is 4.79 Å². The first-order valence-corrected chi connectivity index (χ1v) is 9.02. The molecular formula is C19H19N5OS. The van der Waals surface area contributed by atoms with E-state index >= 15 is 0 Å². The van der Waals surface area contributed by atoms with Gasteiger partial charge in [0.05, 0.1) is 11.0 Å². The third-order valence-corrected chi connectivity index (χ3v) is 4.84. The summed E-state index contributed by atoms with van der Waals surface area (Å²) in [6, 6.07) is 19.6. The summed E-state index contributed by atoms with van der Waals surface area (Å²) in [6.45, 7) is 1.81. The van der Waals surface area contributed by atoms with Crippen molar-refractivity contribution >= 4 is 23.4 Å². The number of aryl methyl sites for hydroxylation is 1. The van der Waals surface area contributed by atoms with Crippen LogP contribution in [0.5, 0.6) is 0 Å². The van der Waals surface area contributed by atoms with Gasteiger partial charge in [0.1, 0.15) is 6.33 Å². The molecule has 3 rings (SSSR count). The first-order valence-electron chi connectivity index (χ1n) is 8.14. The first kappa shape index (κ1) is 17.9. The summed E-state index contributed by atoms with van der Waals surface area (Å²) in [5.41, 5.74) is 5.28. The number of hydrogen-bond donors (Lipinski definition) is 1. The predicted octanol–water partition coefficient (Wildman–Crippen LogP) is 2.86. The molecule has 3 aromatic rings. The van der Waals surface area contributed by atoms with Crippen LogP contribution in [0, 0.1) is 0 Å². The molecule has 0 radical (unpaired) electrons. The smallest absolute Gasteiger partial charge is 0.253 e. The van der Waals surface area contributed by atoms with Gasteiger partial charge >= 0.3 is 0 Å². The Labute approximate surface area is 156 Å². The van der Waals surface area contributed by atoms with Gasteiger partial charge in [0.25, 0.3) is 5.91 Å². The predicted molar refractivity (Wildman–Crippen MR) is 103 cm³/mol. The lowest BCUT2D eigenvalue weighted by molar-refractivity contribution is -0.120. The second-order valence-corrected chi connectivity index (χ2v) is 6.96. The number of hydrazone groups is 1. The highest BCUT2D eigenvalue weighted by atomic mass is 32.2. The minimum Gasteiger partial charge on any atom is -0.312 e. The van der Waals surface area contributed by atoms with Crippen molar-refractivity contribution in [1.82, 2.24) is 20.2 Å². The molecule has 6 nitrogen and oxygen atoms in total. The molecular weight excluding hydrogens is 346 g/mol. The molecule has 0 aliphatic heterocycles. The zero-order chi connectivity index (χ0) is 18.4. The van der Waals surface area contributed by atoms with Gasteiger partial charge in [-0.2, -0.15) is 5.10 Å². The van der Waals surface area contributed by atoms with Crippen LogP contribution in [-0.4, -0.2) is 31.6 Å². The summed E-state index contributed by atoms with van der Waals surface area (Å²) in [4.78, 5) is 12.5. The summed E-state index contributed by atoms with van der Waals surface area (Å²) in [5.74, 6) is -0.192. The van der Waals surface area contributed by atoms with Crippen molar-refractivity contribution in [3.05, 3.63) is 78.1 Å². The number of rotatable bonds is 6. The molecule has 0 saturated heterocycles. The summed E-state index contributed by atoms with van der Waals surface area (Å²) in [6.07, 6.45) is 1.61. The van der Waals surface area contributed by atoms with Gasteiger partial charge in [0, 0.05) is 18.2 Å².